The second-order valence-electron chi connectivity index (χ2n) is 2.80. The number of hydrogen-bond donors (Lipinski definition) is 7. The fourth-order valence-corrected chi connectivity index (χ4v) is 0. The minimum atomic E-state index is -2.08. The minimum Gasteiger partial charge on any atom is -1.00 e. The third-order valence-corrected chi connectivity index (χ3v) is 0.370. The van der Waals surface area contributed by atoms with Crippen molar-refractivity contribution >= 4 is 23.9 Å². The first-order valence-corrected chi connectivity index (χ1v) is 4.33. The van der Waals surface area contributed by atoms with E-state index in [1.165, 1.54) is 0 Å². The maximum Gasteiger partial charge on any atom is 1.00 e. The molecule has 0 saturated carbocycles. The molecular weight excluding hydrogens is 289 g/mol. The first-order valence-electron chi connectivity index (χ1n) is 4.33. The molecule has 0 spiro atoms. The molecule has 0 amide bonds. The van der Waals surface area contributed by atoms with Crippen molar-refractivity contribution in [1.29, 1.82) is 0 Å². The van der Waals surface area contributed by atoms with Crippen molar-refractivity contribution in [2.75, 3.05) is 0 Å². The van der Waals surface area contributed by atoms with Crippen molar-refractivity contribution in [3.63, 3.8) is 0 Å². The zero-order valence-corrected chi connectivity index (χ0v) is 13.7. The maximum absolute atomic E-state index is 9.65. The molecule has 10 N–H and O–H groups in total. The summed E-state index contributed by atoms with van der Waals surface area (Å²) in [5.41, 5.74) is 13.9. The number of carboxylic acid groups (broad SMARTS) is 4. The zero-order valence-electron chi connectivity index (χ0n) is 12.7. The Morgan fingerprint density at radius 1 is 0.750 bits per heavy atom. The molecule has 0 radical (unpaired) electrons. The molecule has 116 valence electrons. The van der Waals surface area contributed by atoms with Crippen molar-refractivity contribution in [3.8, 4) is 0 Å². The van der Waals surface area contributed by atoms with E-state index < -0.39 is 29.7 Å². The molecule has 11 nitrogen and oxygen atoms in total. The Kier molecular flexibility index (Phi) is 27.8. The summed E-state index contributed by atoms with van der Waals surface area (Å²) in [6.45, 7) is 3.25. The molecule has 0 aromatic carbocycles. The van der Waals surface area contributed by atoms with Crippen molar-refractivity contribution in [1.82, 2.24) is 0 Å². The number of hydrogen-bond acceptors (Lipinski definition) is 7. The number of carbonyl (C=O) groups is 4. The molecule has 0 heterocycles. The van der Waals surface area contributed by atoms with Crippen LogP contribution in [0.25, 0.3) is 0 Å². The van der Waals surface area contributed by atoms with Crippen LogP contribution in [0.2, 0.25) is 0 Å². The van der Waals surface area contributed by atoms with E-state index in [0.717, 1.165) is 20.8 Å². The Labute approximate surface area is 138 Å². The molecule has 0 aliphatic rings. The number of nitrogens with two attached hydrogens (primary N) is 3. The average Bonchev–Trinajstić information content (AvgIpc) is 1.96. The normalized spacial score (nSPS) is 7.70. The van der Waals surface area contributed by atoms with E-state index in [0.29, 0.717) is 0 Å². The Balaban J connectivity index is -0.0000000359. The number of aliphatic carboxylic acids is 4. The van der Waals surface area contributed by atoms with Crippen LogP contribution in [-0.4, -0.2) is 50.1 Å². The van der Waals surface area contributed by atoms with Crippen LogP contribution >= 0.6 is 0 Å². The summed E-state index contributed by atoms with van der Waals surface area (Å²) in [4.78, 5) is 36.6. The predicted molar refractivity (Wildman–Crippen MR) is 64.0 cm³/mol. The van der Waals surface area contributed by atoms with Crippen LogP contribution < -0.4 is 46.8 Å². The van der Waals surface area contributed by atoms with E-state index in [4.69, 9.17) is 34.8 Å². The van der Waals surface area contributed by atoms with Crippen LogP contribution in [-0.2, 0) is 19.2 Å². The molecule has 0 aromatic heterocycles. The third kappa shape index (κ3) is 184. The van der Waals surface area contributed by atoms with Gasteiger partial charge in [-0.1, -0.05) is 0 Å². The summed E-state index contributed by atoms with van der Waals surface area (Å²) in [7, 11) is 0. The third-order valence-electron chi connectivity index (χ3n) is 0.370. The van der Waals surface area contributed by atoms with Gasteiger partial charge in [-0.3, -0.25) is 31.6 Å². The summed E-state index contributed by atoms with van der Waals surface area (Å²) in [6, 6.07) is 0. The SMILES string of the molecule is CC(=O)O.CC(=O)O.CC(=O)O.NC(N)(N)C(=O)O.[H-].[Na+]. The van der Waals surface area contributed by atoms with Gasteiger partial charge in [0, 0.05) is 20.8 Å². The average molecular weight is 309 g/mol. The van der Waals surface area contributed by atoms with Crippen molar-refractivity contribution in [3.05, 3.63) is 0 Å². The van der Waals surface area contributed by atoms with Gasteiger partial charge < -0.3 is 21.9 Å². The Bertz CT molecular complexity index is 268. The molecule has 0 bridgehead atoms. The van der Waals surface area contributed by atoms with Crippen LogP contribution in [0.4, 0.5) is 0 Å². The monoisotopic (exact) mass is 309 g/mol. The van der Waals surface area contributed by atoms with Gasteiger partial charge in [-0.25, -0.2) is 4.79 Å². The fraction of sp³-hybridized carbons (Fsp3) is 0.500. The quantitative estimate of drug-likeness (QED) is 0.179. The molecule has 0 aromatic rings. The Morgan fingerprint density at radius 2 is 0.800 bits per heavy atom. The summed E-state index contributed by atoms with van der Waals surface area (Å²) < 4.78 is 0. The molecule has 0 unspecified atom stereocenters. The van der Waals surface area contributed by atoms with Crippen molar-refractivity contribution in [2.45, 2.75) is 26.6 Å². The Hall–Kier alpha value is -1.24. The van der Waals surface area contributed by atoms with Crippen molar-refractivity contribution < 1.29 is 70.6 Å². The molecular formula is C8H20N3NaO8. The standard InChI is InChI=1S/C2H7N3O2.3C2H4O2.Na.H/c3-2(4,5)1(6)7;3*1-2(3)4;;/h3-5H2,(H,6,7);3*1H3,(H,3,4);;/q;;;;+1;-1. The molecule has 20 heavy (non-hydrogen) atoms. The van der Waals surface area contributed by atoms with Gasteiger partial charge in [-0.15, -0.1) is 0 Å². The minimum absolute atomic E-state index is 0. The summed E-state index contributed by atoms with van der Waals surface area (Å²) in [5, 5.41) is 30.1. The Morgan fingerprint density at radius 3 is 0.800 bits per heavy atom. The molecule has 0 saturated heterocycles. The first kappa shape index (κ1) is 31.3. The van der Waals surface area contributed by atoms with Gasteiger partial charge in [0.05, 0.1) is 0 Å². The van der Waals surface area contributed by atoms with Crippen LogP contribution in [0.1, 0.15) is 22.2 Å². The van der Waals surface area contributed by atoms with Crippen LogP contribution in [0.15, 0.2) is 0 Å². The smallest absolute Gasteiger partial charge is 1.00 e. The van der Waals surface area contributed by atoms with E-state index in [1.54, 1.807) is 0 Å². The zero-order chi connectivity index (χ0) is 16.8. The van der Waals surface area contributed by atoms with Gasteiger partial charge in [-0.05, 0) is 0 Å². The molecule has 0 aliphatic heterocycles. The van der Waals surface area contributed by atoms with Crippen LogP contribution in [0.5, 0.6) is 0 Å². The van der Waals surface area contributed by atoms with Gasteiger partial charge in [0.2, 0.25) is 5.79 Å². The molecule has 0 aliphatic carbocycles. The molecule has 0 fully saturated rings. The van der Waals surface area contributed by atoms with Gasteiger partial charge in [-0.2, -0.15) is 0 Å². The van der Waals surface area contributed by atoms with Crippen LogP contribution in [0, 0.1) is 0 Å². The van der Waals surface area contributed by atoms with E-state index in [2.05, 4.69) is 17.2 Å². The second-order valence-corrected chi connectivity index (χ2v) is 2.80. The van der Waals surface area contributed by atoms with E-state index in [9.17, 15) is 4.79 Å². The van der Waals surface area contributed by atoms with E-state index in [-0.39, 0.29) is 31.0 Å². The molecule has 0 rings (SSSR count). The molecule has 12 heteroatoms. The fourth-order valence-electron chi connectivity index (χ4n) is 0. The van der Waals surface area contributed by atoms with Crippen LogP contribution in [0.3, 0.4) is 0 Å². The van der Waals surface area contributed by atoms with E-state index >= 15 is 0 Å². The number of rotatable bonds is 1. The summed E-state index contributed by atoms with van der Waals surface area (Å²) >= 11 is 0. The second kappa shape index (κ2) is 17.8. The van der Waals surface area contributed by atoms with Gasteiger partial charge in [0.15, 0.2) is 0 Å². The summed E-state index contributed by atoms with van der Waals surface area (Å²) in [5.74, 6) is -6.01. The number of carboxylic acids is 4. The summed E-state index contributed by atoms with van der Waals surface area (Å²) in [6.07, 6.45) is 0. The van der Waals surface area contributed by atoms with Gasteiger partial charge in [0.1, 0.15) is 0 Å². The van der Waals surface area contributed by atoms with E-state index in [1.807, 2.05) is 0 Å². The van der Waals surface area contributed by atoms with Crippen molar-refractivity contribution in [2.24, 2.45) is 17.2 Å². The first-order chi connectivity index (χ1) is 8.14. The molecule has 0 atom stereocenters. The largest absolute Gasteiger partial charge is 1.00 e. The topological polar surface area (TPSA) is 227 Å². The maximum atomic E-state index is 9.65. The van der Waals surface area contributed by atoms with Gasteiger partial charge >= 0.3 is 35.5 Å². The van der Waals surface area contributed by atoms with Gasteiger partial charge in [0.25, 0.3) is 17.9 Å². The predicted octanol–water partition coefficient (Wildman–Crippen LogP) is -5.01.